The van der Waals surface area contributed by atoms with E-state index in [1.807, 2.05) is 55.5 Å². The monoisotopic (exact) mass is 359 g/mol. The Morgan fingerprint density at radius 1 is 1.08 bits per heavy atom. The maximum Gasteiger partial charge on any atom is 0.316 e. The highest BCUT2D eigenvalue weighted by atomic mass is 32.2. The summed E-state index contributed by atoms with van der Waals surface area (Å²) >= 11 is 1.35. The number of ether oxygens (including phenoxy) is 2. The lowest BCUT2D eigenvalue weighted by Crippen LogP contribution is -2.28. The summed E-state index contributed by atoms with van der Waals surface area (Å²) in [6, 6.07) is 15.2. The fraction of sp³-hybridized carbons (Fsp3) is 0.263. The van der Waals surface area contributed by atoms with Gasteiger partial charge in [0.1, 0.15) is 5.75 Å². The van der Waals surface area contributed by atoms with Crippen molar-refractivity contribution in [2.75, 3.05) is 19.5 Å². The van der Waals surface area contributed by atoms with E-state index >= 15 is 0 Å². The van der Waals surface area contributed by atoms with Crippen LogP contribution < -0.4 is 10.1 Å². The Kier molecular flexibility index (Phi) is 7.35. The number of carbonyl (C=O) groups is 2. The van der Waals surface area contributed by atoms with Crippen molar-refractivity contribution in [2.45, 2.75) is 18.4 Å². The maximum atomic E-state index is 11.8. The third-order valence-electron chi connectivity index (χ3n) is 3.52. The van der Waals surface area contributed by atoms with Gasteiger partial charge in [0.25, 0.3) is 5.91 Å². The van der Waals surface area contributed by atoms with Gasteiger partial charge in [-0.1, -0.05) is 24.3 Å². The smallest absolute Gasteiger partial charge is 0.316 e. The van der Waals surface area contributed by atoms with Crippen molar-refractivity contribution in [2.24, 2.45) is 0 Å². The predicted octanol–water partition coefficient (Wildman–Crippen LogP) is 2.96. The summed E-state index contributed by atoms with van der Waals surface area (Å²) in [5.74, 6) is 0.173. The Labute approximate surface area is 151 Å². The molecule has 0 atom stereocenters. The van der Waals surface area contributed by atoms with E-state index in [1.54, 1.807) is 7.11 Å². The summed E-state index contributed by atoms with van der Waals surface area (Å²) in [6.07, 6.45) is 0. The van der Waals surface area contributed by atoms with Gasteiger partial charge in [-0.25, -0.2) is 0 Å². The zero-order chi connectivity index (χ0) is 18.1. The van der Waals surface area contributed by atoms with Gasteiger partial charge in [0.05, 0.1) is 12.9 Å². The van der Waals surface area contributed by atoms with E-state index in [1.165, 1.54) is 11.8 Å². The molecule has 132 valence electrons. The highest BCUT2D eigenvalue weighted by Gasteiger charge is 2.09. The van der Waals surface area contributed by atoms with Crippen LogP contribution in [0.3, 0.4) is 0 Å². The molecule has 0 unspecified atom stereocenters. The van der Waals surface area contributed by atoms with Crippen LogP contribution in [0.15, 0.2) is 53.4 Å². The van der Waals surface area contributed by atoms with E-state index in [4.69, 9.17) is 9.47 Å². The average Bonchev–Trinajstić information content (AvgIpc) is 2.64. The van der Waals surface area contributed by atoms with E-state index in [0.29, 0.717) is 6.54 Å². The first-order chi connectivity index (χ1) is 12.1. The summed E-state index contributed by atoms with van der Waals surface area (Å²) in [5, 5.41) is 2.74. The highest BCUT2D eigenvalue weighted by molar-refractivity contribution is 8.00. The molecule has 6 heteroatoms. The first-order valence-electron chi connectivity index (χ1n) is 7.82. The average molecular weight is 359 g/mol. The largest absolute Gasteiger partial charge is 0.497 e. The lowest BCUT2D eigenvalue weighted by atomic mass is 10.1. The molecule has 2 rings (SSSR count). The van der Waals surface area contributed by atoms with E-state index < -0.39 is 5.97 Å². The highest BCUT2D eigenvalue weighted by Crippen LogP contribution is 2.21. The van der Waals surface area contributed by atoms with E-state index in [0.717, 1.165) is 21.8 Å². The van der Waals surface area contributed by atoms with Gasteiger partial charge in [-0.05, 0) is 42.3 Å². The van der Waals surface area contributed by atoms with E-state index in [2.05, 4.69) is 5.32 Å². The number of benzene rings is 2. The molecule has 0 radical (unpaired) electrons. The molecule has 0 spiro atoms. The lowest BCUT2D eigenvalue weighted by Gasteiger charge is -2.08. The molecular formula is C19H21NO4S. The van der Waals surface area contributed by atoms with Crippen molar-refractivity contribution in [3.8, 4) is 5.75 Å². The van der Waals surface area contributed by atoms with Crippen LogP contribution in [0.2, 0.25) is 0 Å². The zero-order valence-corrected chi connectivity index (χ0v) is 15.1. The third-order valence-corrected chi connectivity index (χ3v) is 4.50. The summed E-state index contributed by atoms with van der Waals surface area (Å²) in [5.41, 5.74) is 2.15. The van der Waals surface area contributed by atoms with Crippen molar-refractivity contribution >= 4 is 23.6 Å². The van der Waals surface area contributed by atoms with Crippen molar-refractivity contribution < 1.29 is 19.1 Å². The summed E-state index contributed by atoms with van der Waals surface area (Å²) in [6.45, 7) is 2.13. The summed E-state index contributed by atoms with van der Waals surface area (Å²) in [4.78, 5) is 24.4. The normalized spacial score (nSPS) is 10.2. The molecule has 0 saturated heterocycles. The van der Waals surface area contributed by atoms with Crippen molar-refractivity contribution in [1.29, 1.82) is 0 Å². The Morgan fingerprint density at radius 3 is 2.48 bits per heavy atom. The molecule has 0 aromatic heterocycles. The summed E-state index contributed by atoms with van der Waals surface area (Å²) in [7, 11) is 1.60. The van der Waals surface area contributed by atoms with Crippen LogP contribution in [0.25, 0.3) is 0 Å². The second kappa shape index (κ2) is 9.74. The maximum absolute atomic E-state index is 11.8. The molecule has 2 aromatic rings. The van der Waals surface area contributed by atoms with Crippen LogP contribution in [0.1, 0.15) is 11.1 Å². The first-order valence-corrected chi connectivity index (χ1v) is 8.80. The number of hydrogen-bond donors (Lipinski definition) is 1. The number of aryl methyl sites for hydroxylation is 1. The quantitative estimate of drug-likeness (QED) is 0.580. The van der Waals surface area contributed by atoms with Gasteiger partial charge in [-0.15, -0.1) is 11.8 Å². The number of thioether (sulfide) groups is 1. The van der Waals surface area contributed by atoms with Crippen LogP contribution in [0.4, 0.5) is 0 Å². The SMILES string of the molecule is COc1ccc(SCC(=O)OCC(=O)NCc2ccccc2C)cc1. The van der Waals surface area contributed by atoms with E-state index in [9.17, 15) is 9.59 Å². The number of esters is 1. The molecule has 0 saturated carbocycles. The molecule has 1 amide bonds. The second-order valence-corrected chi connectivity index (χ2v) is 6.38. The molecule has 0 fully saturated rings. The van der Waals surface area contributed by atoms with Gasteiger partial charge >= 0.3 is 5.97 Å². The number of hydrogen-bond acceptors (Lipinski definition) is 5. The zero-order valence-electron chi connectivity index (χ0n) is 14.3. The molecule has 25 heavy (non-hydrogen) atoms. The molecule has 0 aliphatic rings. The van der Waals surface area contributed by atoms with Gasteiger partial charge in [0, 0.05) is 11.4 Å². The Hall–Kier alpha value is -2.47. The molecule has 5 nitrogen and oxygen atoms in total. The number of amides is 1. The van der Waals surface area contributed by atoms with E-state index in [-0.39, 0.29) is 18.3 Å². The van der Waals surface area contributed by atoms with Crippen LogP contribution in [0.5, 0.6) is 5.75 Å². The van der Waals surface area contributed by atoms with Crippen molar-refractivity contribution in [3.05, 3.63) is 59.7 Å². The molecule has 0 bridgehead atoms. The van der Waals surface area contributed by atoms with Crippen molar-refractivity contribution in [1.82, 2.24) is 5.32 Å². The van der Waals surface area contributed by atoms with Gasteiger partial charge < -0.3 is 14.8 Å². The molecule has 1 N–H and O–H groups in total. The van der Waals surface area contributed by atoms with Crippen LogP contribution in [-0.2, 0) is 20.9 Å². The number of nitrogens with one attached hydrogen (secondary N) is 1. The second-order valence-electron chi connectivity index (χ2n) is 5.33. The Balaban J connectivity index is 1.66. The predicted molar refractivity (Wildman–Crippen MR) is 97.7 cm³/mol. The molecule has 2 aromatic carbocycles. The minimum atomic E-state index is -0.424. The summed E-state index contributed by atoms with van der Waals surface area (Å²) < 4.78 is 10.1. The molecule has 0 aliphatic carbocycles. The van der Waals surface area contributed by atoms with Gasteiger partial charge in [-0.2, -0.15) is 0 Å². The molecule has 0 aliphatic heterocycles. The van der Waals surface area contributed by atoms with Crippen LogP contribution in [0, 0.1) is 6.92 Å². The van der Waals surface area contributed by atoms with Gasteiger partial charge in [0.2, 0.25) is 0 Å². The fourth-order valence-electron chi connectivity index (χ4n) is 2.06. The lowest BCUT2D eigenvalue weighted by molar-refractivity contribution is -0.145. The minimum Gasteiger partial charge on any atom is -0.497 e. The first kappa shape index (κ1) is 18.9. The topological polar surface area (TPSA) is 64.6 Å². The van der Waals surface area contributed by atoms with Crippen LogP contribution in [-0.4, -0.2) is 31.3 Å². The van der Waals surface area contributed by atoms with Gasteiger partial charge in [-0.3, -0.25) is 9.59 Å². The number of methoxy groups -OCH3 is 1. The Morgan fingerprint density at radius 2 is 1.80 bits per heavy atom. The van der Waals surface area contributed by atoms with Crippen molar-refractivity contribution in [3.63, 3.8) is 0 Å². The molecular weight excluding hydrogens is 338 g/mol. The number of rotatable bonds is 8. The Bertz CT molecular complexity index is 716. The fourth-order valence-corrected chi connectivity index (χ4v) is 2.75. The van der Waals surface area contributed by atoms with Crippen LogP contribution >= 0.6 is 11.8 Å². The minimum absolute atomic E-state index is 0.150. The molecule has 0 heterocycles. The number of carbonyl (C=O) groups excluding carboxylic acids is 2. The third kappa shape index (κ3) is 6.51. The van der Waals surface area contributed by atoms with Gasteiger partial charge in [0.15, 0.2) is 6.61 Å². The standard InChI is InChI=1S/C19H21NO4S/c1-14-5-3-4-6-15(14)11-20-18(21)12-24-19(22)13-25-17-9-7-16(23-2)8-10-17/h3-10H,11-13H2,1-2H3,(H,20,21).